The lowest BCUT2D eigenvalue weighted by Crippen LogP contribution is -2.13. The van der Waals surface area contributed by atoms with Crippen molar-refractivity contribution in [2.45, 2.75) is 6.54 Å². The third-order valence-electron chi connectivity index (χ3n) is 2.31. The van der Waals surface area contributed by atoms with Crippen molar-refractivity contribution in [1.82, 2.24) is 4.57 Å². The number of nitrogens with zero attached hydrogens (tertiary/aromatic N) is 1. The molecule has 0 saturated heterocycles. The lowest BCUT2D eigenvalue weighted by molar-refractivity contribution is 0.728. The van der Waals surface area contributed by atoms with Gasteiger partial charge in [-0.05, 0) is 18.2 Å². The minimum absolute atomic E-state index is 0.0413. The average molecular weight is 267 g/mol. The minimum atomic E-state index is 0.0413. The van der Waals surface area contributed by atoms with Gasteiger partial charge in [0.1, 0.15) is 0 Å². The summed E-state index contributed by atoms with van der Waals surface area (Å²) in [4.78, 5) is 11.6. The first-order chi connectivity index (χ1) is 7.22. The molecule has 2 N–H and O–H groups in total. The smallest absolute Gasteiger partial charge is 0.189 e. The van der Waals surface area contributed by atoms with Gasteiger partial charge in [0.25, 0.3) is 0 Å². The fourth-order valence-electron chi connectivity index (χ4n) is 1.62. The van der Waals surface area contributed by atoms with Gasteiger partial charge >= 0.3 is 0 Å². The fraction of sp³-hybridized carbons (Fsp3) is 0.182. The van der Waals surface area contributed by atoms with E-state index in [9.17, 15) is 4.79 Å². The molecule has 0 saturated carbocycles. The summed E-state index contributed by atoms with van der Waals surface area (Å²) in [5.41, 5.74) is 6.48. The number of pyridine rings is 1. The molecule has 0 unspecified atom stereocenters. The highest BCUT2D eigenvalue weighted by atomic mass is 79.9. The van der Waals surface area contributed by atoms with E-state index in [1.165, 1.54) is 0 Å². The lowest BCUT2D eigenvalue weighted by Gasteiger charge is -2.08. The molecule has 4 heteroatoms. The number of rotatable bonds is 2. The quantitative estimate of drug-likeness (QED) is 0.900. The first-order valence-electron chi connectivity index (χ1n) is 4.71. The zero-order valence-corrected chi connectivity index (χ0v) is 9.70. The highest BCUT2D eigenvalue weighted by molar-refractivity contribution is 9.10. The number of hydrogen-bond acceptors (Lipinski definition) is 2. The van der Waals surface area contributed by atoms with Gasteiger partial charge in [-0.1, -0.05) is 15.9 Å². The Kier molecular flexibility index (Phi) is 2.88. The Bertz CT molecular complexity index is 548. The molecule has 0 fully saturated rings. The zero-order valence-electron chi connectivity index (χ0n) is 8.11. The third-order valence-corrected chi connectivity index (χ3v) is 2.80. The van der Waals surface area contributed by atoms with Gasteiger partial charge in [-0.15, -0.1) is 0 Å². The number of fused-ring (bicyclic) bond motifs is 1. The summed E-state index contributed by atoms with van der Waals surface area (Å²) in [5, 5.41) is 0.723. The largest absolute Gasteiger partial charge is 0.346 e. The molecule has 0 spiro atoms. The van der Waals surface area contributed by atoms with Gasteiger partial charge in [-0.2, -0.15) is 0 Å². The van der Waals surface area contributed by atoms with E-state index in [2.05, 4.69) is 15.9 Å². The van der Waals surface area contributed by atoms with Gasteiger partial charge in [0.05, 0.1) is 5.52 Å². The maximum atomic E-state index is 11.6. The van der Waals surface area contributed by atoms with Gasteiger partial charge in [-0.25, -0.2) is 0 Å². The van der Waals surface area contributed by atoms with E-state index in [0.29, 0.717) is 6.54 Å². The first kappa shape index (κ1) is 10.4. The number of halogens is 1. The minimum Gasteiger partial charge on any atom is -0.346 e. The van der Waals surface area contributed by atoms with Crippen LogP contribution in [0.1, 0.15) is 0 Å². The molecule has 0 aliphatic heterocycles. The maximum Gasteiger partial charge on any atom is 0.189 e. The van der Waals surface area contributed by atoms with Crippen LogP contribution in [0, 0.1) is 0 Å². The van der Waals surface area contributed by atoms with Gasteiger partial charge in [-0.3, -0.25) is 4.79 Å². The molecule has 2 rings (SSSR count). The van der Waals surface area contributed by atoms with Gasteiger partial charge < -0.3 is 10.3 Å². The number of nitrogens with two attached hydrogens (primary N) is 1. The van der Waals surface area contributed by atoms with Crippen LogP contribution in [0.2, 0.25) is 0 Å². The van der Waals surface area contributed by atoms with Crippen molar-refractivity contribution in [3.63, 3.8) is 0 Å². The second-order valence-corrected chi connectivity index (χ2v) is 4.24. The summed E-state index contributed by atoms with van der Waals surface area (Å²) < 4.78 is 2.90. The summed E-state index contributed by atoms with van der Waals surface area (Å²) in [6.45, 7) is 1.28. The number of hydrogen-bond donors (Lipinski definition) is 1. The fourth-order valence-corrected chi connectivity index (χ4v) is 1.98. The second-order valence-electron chi connectivity index (χ2n) is 3.32. The normalized spacial score (nSPS) is 10.8. The Morgan fingerprint density at radius 2 is 2.13 bits per heavy atom. The lowest BCUT2D eigenvalue weighted by atomic mass is 10.2. The van der Waals surface area contributed by atoms with E-state index in [4.69, 9.17) is 5.73 Å². The van der Waals surface area contributed by atoms with Crippen LogP contribution in [0.3, 0.4) is 0 Å². The van der Waals surface area contributed by atoms with E-state index >= 15 is 0 Å². The molecule has 15 heavy (non-hydrogen) atoms. The number of benzene rings is 1. The van der Waals surface area contributed by atoms with Crippen molar-refractivity contribution in [2.24, 2.45) is 5.73 Å². The highest BCUT2D eigenvalue weighted by Crippen LogP contribution is 2.16. The van der Waals surface area contributed by atoms with Crippen molar-refractivity contribution < 1.29 is 0 Å². The molecule has 3 nitrogen and oxygen atoms in total. The van der Waals surface area contributed by atoms with Crippen LogP contribution < -0.4 is 11.2 Å². The van der Waals surface area contributed by atoms with Crippen molar-refractivity contribution in [3.8, 4) is 0 Å². The Balaban J connectivity index is 2.76. The summed E-state index contributed by atoms with van der Waals surface area (Å²) in [5.74, 6) is 0. The average Bonchev–Trinajstić information content (AvgIpc) is 2.23. The Morgan fingerprint density at radius 3 is 2.87 bits per heavy atom. The molecular formula is C11H11BrN2O. The predicted octanol–water partition coefficient (Wildman–Crippen LogP) is 1.72. The molecule has 0 atom stereocenters. The van der Waals surface area contributed by atoms with Crippen molar-refractivity contribution in [3.05, 3.63) is 45.2 Å². The third kappa shape index (κ3) is 1.96. The summed E-state index contributed by atoms with van der Waals surface area (Å²) >= 11 is 3.36. The maximum absolute atomic E-state index is 11.6. The van der Waals surface area contributed by atoms with E-state index in [1.54, 1.807) is 12.3 Å². The standard InChI is InChI=1S/C11H11BrN2O/c12-8-1-2-10-9(7-8)11(15)3-5-14(10)6-4-13/h1-3,5,7H,4,6,13H2. The van der Waals surface area contributed by atoms with Gasteiger partial charge in [0.2, 0.25) is 0 Å². The predicted molar refractivity (Wildman–Crippen MR) is 65.0 cm³/mol. The van der Waals surface area contributed by atoms with E-state index in [1.807, 2.05) is 22.8 Å². The van der Waals surface area contributed by atoms with Crippen LogP contribution in [0.25, 0.3) is 10.9 Å². The molecule has 0 bridgehead atoms. The van der Waals surface area contributed by atoms with E-state index in [0.717, 1.165) is 21.9 Å². The van der Waals surface area contributed by atoms with Crippen LogP contribution in [-0.4, -0.2) is 11.1 Å². The molecule has 0 radical (unpaired) electrons. The number of aromatic nitrogens is 1. The zero-order chi connectivity index (χ0) is 10.8. The molecule has 0 amide bonds. The molecule has 1 aromatic carbocycles. The summed E-state index contributed by atoms with van der Waals surface area (Å²) in [6, 6.07) is 7.26. The van der Waals surface area contributed by atoms with Gasteiger partial charge in [0, 0.05) is 35.2 Å². The monoisotopic (exact) mass is 266 g/mol. The molecule has 0 aliphatic rings. The first-order valence-corrected chi connectivity index (χ1v) is 5.50. The Hall–Kier alpha value is -1.13. The molecule has 2 aromatic rings. The summed E-state index contributed by atoms with van der Waals surface area (Å²) in [6.07, 6.45) is 1.78. The molecule has 0 aliphatic carbocycles. The van der Waals surface area contributed by atoms with Gasteiger partial charge in [0.15, 0.2) is 5.43 Å². The molecule has 1 heterocycles. The molecule has 1 aromatic heterocycles. The summed E-state index contributed by atoms with van der Waals surface area (Å²) in [7, 11) is 0. The molecular weight excluding hydrogens is 256 g/mol. The van der Waals surface area contributed by atoms with E-state index < -0.39 is 0 Å². The molecule has 78 valence electrons. The van der Waals surface area contributed by atoms with Crippen molar-refractivity contribution >= 4 is 26.8 Å². The van der Waals surface area contributed by atoms with E-state index in [-0.39, 0.29) is 5.43 Å². The van der Waals surface area contributed by atoms with Crippen molar-refractivity contribution in [2.75, 3.05) is 6.54 Å². The van der Waals surface area contributed by atoms with Crippen LogP contribution in [0.4, 0.5) is 0 Å². The van der Waals surface area contributed by atoms with Crippen LogP contribution in [0.5, 0.6) is 0 Å². The topological polar surface area (TPSA) is 48.0 Å². The van der Waals surface area contributed by atoms with Crippen LogP contribution >= 0.6 is 15.9 Å². The highest BCUT2D eigenvalue weighted by Gasteiger charge is 2.02. The second kappa shape index (κ2) is 4.16. The van der Waals surface area contributed by atoms with Crippen LogP contribution in [0.15, 0.2) is 39.7 Å². The SMILES string of the molecule is NCCn1ccc(=O)c2cc(Br)ccc21. The van der Waals surface area contributed by atoms with Crippen molar-refractivity contribution in [1.29, 1.82) is 0 Å². The Labute approximate surface area is 95.6 Å². The van der Waals surface area contributed by atoms with Crippen LogP contribution in [-0.2, 0) is 6.54 Å². The Morgan fingerprint density at radius 1 is 1.33 bits per heavy atom.